The molecular weight excluding hydrogens is 242 g/mol. The minimum absolute atomic E-state index is 0.412. The van der Waals surface area contributed by atoms with Gasteiger partial charge in [-0.15, -0.1) is 0 Å². The number of nitrogens with one attached hydrogen (secondary N) is 1. The molecule has 1 nitrogen and oxygen atoms in total. The maximum atomic E-state index is 3.47. The molecule has 0 radical (unpaired) electrons. The summed E-state index contributed by atoms with van der Waals surface area (Å²) in [4.78, 5) is 0. The molecule has 0 bridgehead atoms. The van der Waals surface area contributed by atoms with Crippen molar-refractivity contribution in [3.05, 3.63) is 71.3 Å². The van der Waals surface area contributed by atoms with Crippen molar-refractivity contribution < 1.29 is 0 Å². The fourth-order valence-corrected chi connectivity index (χ4v) is 3.15. The van der Waals surface area contributed by atoms with Gasteiger partial charge in [0.1, 0.15) is 0 Å². The van der Waals surface area contributed by atoms with E-state index in [9.17, 15) is 0 Å². The first kappa shape index (κ1) is 13.4. The zero-order valence-electron chi connectivity index (χ0n) is 12.2. The first-order valence-corrected chi connectivity index (χ1v) is 7.62. The van der Waals surface area contributed by atoms with Gasteiger partial charge in [-0.05, 0) is 36.0 Å². The van der Waals surface area contributed by atoms with Crippen LogP contribution in [-0.4, -0.2) is 13.1 Å². The Bertz CT molecular complexity index is 538. The normalized spacial score (nSPS) is 16.6. The van der Waals surface area contributed by atoms with Gasteiger partial charge in [0.05, 0.1) is 0 Å². The highest BCUT2D eigenvalue weighted by molar-refractivity contribution is 5.26. The van der Waals surface area contributed by atoms with Crippen LogP contribution >= 0.6 is 0 Å². The molecule has 3 rings (SSSR count). The van der Waals surface area contributed by atoms with Crippen LogP contribution in [0, 0.1) is 5.41 Å². The first-order chi connectivity index (χ1) is 9.80. The summed E-state index contributed by atoms with van der Waals surface area (Å²) in [6.45, 7) is 4.48. The van der Waals surface area contributed by atoms with Gasteiger partial charge in [-0.2, -0.15) is 0 Å². The lowest BCUT2D eigenvalue weighted by molar-refractivity contribution is 0.166. The van der Waals surface area contributed by atoms with E-state index in [2.05, 4.69) is 66.8 Å². The quantitative estimate of drug-likeness (QED) is 0.870. The Kier molecular flexibility index (Phi) is 3.88. The second kappa shape index (κ2) is 5.80. The van der Waals surface area contributed by atoms with Gasteiger partial charge in [0.2, 0.25) is 0 Å². The van der Waals surface area contributed by atoms with Crippen LogP contribution in [0.1, 0.15) is 23.6 Å². The Balaban J connectivity index is 1.72. The Morgan fingerprint density at radius 1 is 0.800 bits per heavy atom. The molecule has 20 heavy (non-hydrogen) atoms. The van der Waals surface area contributed by atoms with Crippen LogP contribution in [0.4, 0.5) is 0 Å². The molecule has 1 aliphatic heterocycles. The predicted octanol–water partition coefficient (Wildman–Crippen LogP) is 3.62. The summed E-state index contributed by atoms with van der Waals surface area (Å²) in [6, 6.07) is 20.1. The number of aryl methyl sites for hydroxylation is 1. The lowest BCUT2D eigenvalue weighted by atomic mass is 9.72. The van der Waals surface area contributed by atoms with Crippen molar-refractivity contribution in [3.8, 4) is 0 Å². The van der Waals surface area contributed by atoms with E-state index in [1.165, 1.54) is 29.5 Å². The van der Waals surface area contributed by atoms with E-state index in [-0.39, 0.29) is 0 Å². The lowest BCUT2D eigenvalue weighted by Gasteiger charge is -2.43. The molecule has 0 atom stereocenters. The van der Waals surface area contributed by atoms with Crippen LogP contribution in [-0.2, 0) is 19.3 Å². The molecule has 1 heterocycles. The van der Waals surface area contributed by atoms with E-state index >= 15 is 0 Å². The molecule has 2 aromatic rings. The average molecular weight is 265 g/mol. The van der Waals surface area contributed by atoms with E-state index in [1.54, 1.807) is 0 Å². The van der Waals surface area contributed by atoms with Crippen molar-refractivity contribution in [2.24, 2.45) is 5.41 Å². The van der Waals surface area contributed by atoms with Crippen molar-refractivity contribution in [1.82, 2.24) is 5.32 Å². The third kappa shape index (κ3) is 2.94. The third-order valence-corrected chi connectivity index (χ3v) is 4.43. The molecule has 0 amide bonds. The van der Waals surface area contributed by atoms with E-state index < -0.39 is 0 Å². The zero-order chi connectivity index (χ0) is 13.8. The Hall–Kier alpha value is -1.60. The number of rotatable bonds is 5. The van der Waals surface area contributed by atoms with Gasteiger partial charge in [0, 0.05) is 18.5 Å². The van der Waals surface area contributed by atoms with E-state index in [0.29, 0.717) is 5.41 Å². The molecule has 2 aromatic carbocycles. The Labute approximate surface area is 122 Å². The maximum absolute atomic E-state index is 3.47. The molecule has 1 fully saturated rings. The van der Waals surface area contributed by atoms with Crippen LogP contribution in [0.2, 0.25) is 0 Å². The maximum Gasteiger partial charge on any atom is 0.00331 e. The molecule has 104 valence electrons. The molecule has 0 saturated carbocycles. The summed E-state index contributed by atoms with van der Waals surface area (Å²) in [6.07, 6.45) is 3.48. The standard InChI is InChI=1S/C19H23N/c1-2-16-8-10-18(11-9-16)13-19(14-20-15-19)12-17-6-4-3-5-7-17/h3-11,20H,2,12-15H2,1H3. The summed E-state index contributed by atoms with van der Waals surface area (Å²) in [5.41, 5.74) is 4.77. The SMILES string of the molecule is CCc1ccc(CC2(Cc3ccccc3)CNC2)cc1. The number of hydrogen-bond donors (Lipinski definition) is 1. The van der Waals surface area contributed by atoms with Crippen molar-refractivity contribution in [1.29, 1.82) is 0 Å². The minimum Gasteiger partial charge on any atom is -0.315 e. The zero-order valence-corrected chi connectivity index (χ0v) is 12.2. The summed E-state index contributed by atoms with van der Waals surface area (Å²) >= 11 is 0. The van der Waals surface area contributed by atoms with Gasteiger partial charge in [0.25, 0.3) is 0 Å². The third-order valence-electron chi connectivity index (χ3n) is 4.43. The van der Waals surface area contributed by atoms with Crippen molar-refractivity contribution in [2.45, 2.75) is 26.2 Å². The van der Waals surface area contributed by atoms with Crippen LogP contribution < -0.4 is 5.32 Å². The van der Waals surface area contributed by atoms with Crippen LogP contribution in [0.3, 0.4) is 0 Å². The molecule has 0 spiro atoms. The van der Waals surface area contributed by atoms with Gasteiger partial charge >= 0.3 is 0 Å². The fourth-order valence-electron chi connectivity index (χ4n) is 3.15. The number of hydrogen-bond acceptors (Lipinski definition) is 1. The second-order valence-corrected chi connectivity index (χ2v) is 6.11. The topological polar surface area (TPSA) is 12.0 Å². The molecule has 0 aromatic heterocycles. The monoisotopic (exact) mass is 265 g/mol. The lowest BCUT2D eigenvalue weighted by Crippen LogP contribution is -2.56. The molecule has 1 heteroatoms. The molecular formula is C19H23N. The van der Waals surface area contributed by atoms with E-state index in [1.807, 2.05) is 0 Å². The van der Waals surface area contributed by atoms with Crippen molar-refractivity contribution in [3.63, 3.8) is 0 Å². The molecule has 0 unspecified atom stereocenters. The first-order valence-electron chi connectivity index (χ1n) is 7.62. The van der Waals surface area contributed by atoms with Gasteiger partial charge < -0.3 is 5.32 Å². The fraction of sp³-hybridized carbons (Fsp3) is 0.368. The highest BCUT2D eigenvalue weighted by Crippen LogP contribution is 2.32. The van der Waals surface area contributed by atoms with E-state index in [4.69, 9.17) is 0 Å². The largest absolute Gasteiger partial charge is 0.315 e. The van der Waals surface area contributed by atoms with Crippen molar-refractivity contribution >= 4 is 0 Å². The Morgan fingerprint density at radius 2 is 1.35 bits per heavy atom. The van der Waals surface area contributed by atoms with Gasteiger partial charge in [-0.25, -0.2) is 0 Å². The smallest absolute Gasteiger partial charge is 0.00331 e. The van der Waals surface area contributed by atoms with E-state index in [0.717, 1.165) is 19.5 Å². The highest BCUT2D eigenvalue weighted by atomic mass is 15.0. The van der Waals surface area contributed by atoms with Crippen LogP contribution in [0.5, 0.6) is 0 Å². The molecule has 1 aliphatic rings. The summed E-state index contributed by atoms with van der Waals surface area (Å²) < 4.78 is 0. The molecule has 1 N–H and O–H groups in total. The minimum atomic E-state index is 0.412. The summed E-state index contributed by atoms with van der Waals surface area (Å²) in [7, 11) is 0. The summed E-state index contributed by atoms with van der Waals surface area (Å²) in [5.74, 6) is 0. The van der Waals surface area contributed by atoms with Crippen molar-refractivity contribution in [2.75, 3.05) is 13.1 Å². The van der Waals surface area contributed by atoms with Crippen LogP contribution in [0.25, 0.3) is 0 Å². The van der Waals surface area contributed by atoms with Gasteiger partial charge in [-0.3, -0.25) is 0 Å². The highest BCUT2D eigenvalue weighted by Gasteiger charge is 2.36. The molecule has 0 aliphatic carbocycles. The van der Waals surface area contributed by atoms with Gasteiger partial charge in [-0.1, -0.05) is 61.5 Å². The predicted molar refractivity (Wildman–Crippen MR) is 85.0 cm³/mol. The molecule has 1 saturated heterocycles. The average Bonchev–Trinajstić information content (AvgIpc) is 2.47. The van der Waals surface area contributed by atoms with Crippen LogP contribution in [0.15, 0.2) is 54.6 Å². The van der Waals surface area contributed by atoms with Gasteiger partial charge in [0.15, 0.2) is 0 Å². The second-order valence-electron chi connectivity index (χ2n) is 6.11. The summed E-state index contributed by atoms with van der Waals surface area (Å²) in [5, 5.41) is 3.47. The number of benzene rings is 2. The Morgan fingerprint density at radius 3 is 1.85 bits per heavy atom.